The van der Waals surface area contributed by atoms with Crippen LogP contribution < -0.4 is 5.32 Å². The van der Waals surface area contributed by atoms with Crippen LogP contribution in [0, 0.1) is 5.82 Å². The highest BCUT2D eigenvalue weighted by Gasteiger charge is 2.33. The van der Waals surface area contributed by atoms with Gasteiger partial charge in [0.2, 0.25) is 0 Å². The molecule has 0 radical (unpaired) electrons. The molecule has 4 nitrogen and oxygen atoms in total. The molecule has 1 fully saturated rings. The van der Waals surface area contributed by atoms with Crippen molar-refractivity contribution in [1.29, 1.82) is 0 Å². The van der Waals surface area contributed by atoms with Gasteiger partial charge in [-0.05, 0) is 50.3 Å². The number of halogens is 1. The Hall–Kier alpha value is -1.62. The normalized spacial score (nSPS) is 15.6. The van der Waals surface area contributed by atoms with Gasteiger partial charge in [0.25, 0.3) is 0 Å². The number of hydrogen-bond donors (Lipinski definition) is 2. The van der Waals surface area contributed by atoms with E-state index in [1.165, 1.54) is 12.1 Å². The van der Waals surface area contributed by atoms with Gasteiger partial charge in [-0.15, -0.1) is 0 Å². The van der Waals surface area contributed by atoms with E-state index in [4.69, 9.17) is 5.11 Å². The maximum atomic E-state index is 13.2. The first-order valence-electron chi connectivity index (χ1n) is 7.52. The van der Waals surface area contributed by atoms with Gasteiger partial charge in [0.15, 0.2) is 0 Å². The lowest BCUT2D eigenvalue weighted by Crippen LogP contribution is -2.44. The van der Waals surface area contributed by atoms with Crippen molar-refractivity contribution < 1.29 is 14.3 Å². The van der Waals surface area contributed by atoms with Crippen molar-refractivity contribution in [3.05, 3.63) is 35.6 Å². The number of carbonyl (C=O) groups is 1. The Labute approximate surface area is 125 Å². The Balaban J connectivity index is 1.93. The van der Waals surface area contributed by atoms with Gasteiger partial charge in [-0.1, -0.05) is 12.1 Å². The summed E-state index contributed by atoms with van der Waals surface area (Å²) in [6, 6.07) is 6.56. The van der Waals surface area contributed by atoms with Crippen molar-refractivity contribution >= 4 is 6.03 Å². The number of benzene rings is 1. The lowest BCUT2D eigenvalue weighted by atomic mass is 10.2. The van der Waals surface area contributed by atoms with Crippen molar-refractivity contribution in [3.8, 4) is 0 Å². The van der Waals surface area contributed by atoms with Crippen LogP contribution in [0.1, 0.15) is 38.2 Å². The number of nitrogens with one attached hydrogen (secondary N) is 1. The molecule has 0 aliphatic heterocycles. The summed E-state index contributed by atoms with van der Waals surface area (Å²) in [4.78, 5) is 14.1. The van der Waals surface area contributed by atoms with Crippen molar-refractivity contribution in [2.45, 2.75) is 51.2 Å². The van der Waals surface area contributed by atoms with Crippen LogP contribution in [0.2, 0.25) is 0 Å². The highest BCUT2D eigenvalue weighted by molar-refractivity contribution is 5.75. The third-order valence-corrected chi connectivity index (χ3v) is 3.66. The highest BCUT2D eigenvalue weighted by Crippen LogP contribution is 2.28. The number of nitrogens with zero attached hydrogens (tertiary/aromatic N) is 1. The fourth-order valence-corrected chi connectivity index (χ4v) is 2.35. The standard InChI is InChI=1S/C16H23FN2O2/c1-12(4-3-9-20)18-16(21)19(15-7-8-15)11-13-5-2-6-14(17)10-13/h2,5-6,10,12,15,20H,3-4,7-9,11H2,1H3,(H,18,21). The zero-order valence-electron chi connectivity index (χ0n) is 12.4. The number of carbonyl (C=O) groups excluding carboxylic acids is 1. The molecular formula is C16H23FN2O2. The second-order valence-electron chi connectivity index (χ2n) is 5.71. The molecule has 1 aromatic rings. The van der Waals surface area contributed by atoms with Crippen LogP contribution in [0.25, 0.3) is 0 Å². The number of aliphatic hydroxyl groups is 1. The van der Waals surface area contributed by atoms with Crippen molar-refractivity contribution in [1.82, 2.24) is 10.2 Å². The molecule has 2 amide bonds. The number of rotatable bonds is 7. The third-order valence-electron chi connectivity index (χ3n) is 3.66. The Morgan fingerprint density at radius 1 is 1.52 bits per heavy atom. The average Bonchev–Trinajstić information content (AvgIpc) is 3.27. The fraction of sp³-hybridized carbons (Fsp3) is 0.562. The Kier molecular flexibility index (Phi) is 5.56. The Morgan fingerprint density at radius 2 is 2.29 bits per heavy atom. The molecule has 1 aliphatic rings. The lowest BCUT2D eigenvalue weighted by molar-refractivity contribution is 0.186. The topological polar surface area (TPSA) is 52.6 Å². The van der Waals surface area contributed by atoms with E-state index in [0.717, 1.165) is 24.8 Å². The molecule has 0 heterocycles. The monoisotopic (exact) mass is 294 g/mol. The average molecular weight is 294 g/mol. The first-order valence-corrected chi connectivity index (χ1v) is 7.52. The van der Waals surface area contributed by atoms with Gasteiger partial charge in [0, 0.05) is 25.2 Å². The van der Waals surface area contributed by atoms with Gasteiger partial charge in [-0.25, -0.2) is 9.18 Å². The summed E-state index contributed by atoms with van der Waals surface area (Å²) in [7, 11) is 0. The van der Waals surface area contributed by atoms with Crippen LogP contribution in [-0.2, 0) is 6.54 Å². The van der Waals surface area contributed by atoms with E-state index in [1.807, 2.05) is 13.0 Å². The number of aliphatic hydroxyl groups excluding tert-OH is 1. The lowest BCUT2D eigenvalue weighted by Gasteiger charge is -2.25. The molecule has 0 saturated heterocycles. The molecule has 5 heteroatoms. The van der Waals surface area contributed by atoms with Crippen LogP contribution >= 0.6 is 0 Å². The minimum atomic E-state index is -0.278. The smallest absolute Gasteiger partial charge is 0.318 e. The molecule has 1 aliphatic carbocycles. The highest BCUT2D eigenvalue weighted by atomic mass is 19.1. The molecule has 116 valence electrons. The predicted molar refractivity (Wildman–Crippen MR) is 79.3 cm³/mol. The van der Waals surface area contributed by atoms with E-state index in [-0.39, 0.29) is 30.5 Å². The predicted octanol–water partition coefficient (Wildman–Crippen LogP) is 2.66. The number of amides is 2. The number of urea groups is 1. The molecule has 0 spiro atoms. The van der Waals surface area contributed by atoms with E-state index < -0.39 is 0 Å². The molecule has 1 unspecified atom stereocenters. The number of hydrogen-bond acceptors (Lipinski definition) is 2. The van der Waals surface area contributed by atoms with Crippen LogP contribution in [0.5, 0.6) is 0 Å². The van der Waals surface area contributed by atoms with E-state index >= 15 is 0 Å². The first kappa shape index (κ1) is 15.8. The summed E-state index contributed by atoms with van der Waals surface area (Å²) >= 11 is 0. The molecule has 0 bridgehead atoms. The van der Waals surface area contributed by atoms with E-state index in [2.05, 4.69) is 5.32 Å². The first-order chi connectivity index (χ1) is 10.1. The van der Waals surface area contributed by atoms with Gasteiger partial charge < -0.3 is 15.3 Å². The summed E-state index contributed by atoms with van der Waals surface area (Å²) in [6.07, 6.45) is 3.44. The quantitative estimate of drug-likeness (QED) is 0.812. The van der Waals surface area contributed by atoms with Gasteiger partial charge in [-0.3, -0.25) is 0 Å². The fourth-order valence-electron chi connectivity index (χ4n) is 2.35. The van der Waals surface area contributed by atoms with E-state index in [0.29, 0.717) is 13.0 Å². The van der Waals surface area contributed by atoms with Crippen molar-refractivity contribution in [2.24, 2.45) is 0 Å². The second kappa shape index (κ2) is 7.41. The van der Waals surface area contributed by atoms with E-state index in [9.17, 15) is 9.18 Å². The summed E-state index contributed by atoms with van der Waals surface area (Å²) < 4.78 is 13.2. The molecule has 1 saturated carbocycles. The molecule has 2 N–H and O–H groups in total. The van der Waals surface area contributed by atoms with Crippen LogP contribution in [0.3, 0.4) is 0 Å². The maximum Gasteiger partial charge on any atom is 0.318 e. The van der Waals surface area contributed by atoms with Crippen LogP contribution in [-0.4, -0.2) is 34.7 Å². The molecule has 2 rings (SSSR count). The van der Waals surface area contributed by atoms with E-state index in [1.54, 1.807) is 11.0 Å². The van der Waals surface area contributed by atoms with Crippen LogP contribution in [0.15, 0.2) is 24.3 Å². The van der Waals surface area contributed by atoms with Gasteiger partial charge in [0.05, 0.1) is 0 Å². The minimum absolute atomic E-state index is 0.0263. The van der Waals surface area contributed by atoms with Crippen molar-refractivity contribution in [2.75, 3.05) is 6.61 Å². The largest absolute Gasteiger partial charge is 0.396 e. The molecule has 1 atom stereocenters. The maximum absolute atomic E-state index is 13.2. The summed E-state index contributed by atoms with van der Waals surface area (Å²) in [6.45, 7) is 2.50. The summed E-state index contributed by atoms with van der Waals surface area (Å²) in [5, 5.41) is 11.8. The molecule has 1 aromatic carbocycles. The molecule has 21 heavy (non-hydrogen) atoms. The van der Waals surface area contributed by atoms with Crippen molar-refractivity contribution in [3.63, 3.8) is 0 Å². The third kappa shape index (κ3) is 5.01. The summed E-state index contributed by atoms with van der Waals surface area (Å²) in [5.74, 6) is -0.278. The SMILES string of the molecule is CC(CCCO)NC(=O)N(Cc1cccc(F)c1)C1CC1. The van der Waals surface area contributed by atoms with Gasteiger partial charge >= 0.3 is 6.03 Å². The summed E-state index contributed by atoms with van der Waals surface area (Å²) in [5.41, 5.74) is 0.806. The molecule has 0 aromatic heterocycles. The zero-order valence-corrected chi connectivity index (χ0v) is 12.4. The van der Waals surface area contributed by atoms with Crippen LogP contribution in [0.4, 0.5) is 9.18 Å². The minimum Gasteiger partial charge on any atom is -0.396 e. The molecular weight excluding hydrogens is 271 g/mol. The van der Waals surface area contributed by atoms with Gasteiger partial charge in [-0.2, -0.15) is 0 Å². The second-order valence-corrected chi connectivity index (χ2v) is 5.71. The van der Waals surface area contributed by atoms with Gasteiger partial charge in [0.1, 0.15) is 5.82 Å². The zero-order chi connectivity index (χ0) is 15.2. The Bertz CT molecular complexity index is 477. The Morgan fingerprint density at radius 3 is 2.90 bits per heavy atom.